The highest BCUT2D eigenvalue weighted by Crippen LogP contribution is 2.20. The smallest absolute Gasteiger partial charge is 0.311 e. The molecule has 0 aliphatic carbocycles. The van der Waals surface area contributed by atoms with E-state index in [0.29, 0.717) is 12.4 Å². The number of hydrogen-bond donors (Lipinski definition) is 0. The van der Waals surface area contributed by atoms with Crippen molar-refractivity contribution in [1.82, 2.24) is 15.1 Å². The van der Waals surface area contributed by atoms with Gasteiger partial charge in [0.05, 0.1) is 0 Å². The lowest BCUT2D eigenvalue weighted by molar-refractivity contribution is 0.0650. The molecule has 0 unspecified atom stereocenters. The van der Waals surface area contributed by atoms with Crippen LogP contribution >= 0.6 is 0 Å². The summed E-state index contributed by atoms with van der Waals surface area (Å²) in [4.78, 5) is 14.5. The second-order valence-electron chi connectivity index (χ2n) is 6.29. The van der Waals surface area contributed by atoms with Crippen LogP contribution in [-0.4, -0.2) is 27.0 Å². The average molecular weight is 335 g/mol. The topological polar surface area (TPSA) is 59.2 Å². The Hall–Kier alpha value is -2.95. The Morgan fingerprint density at radius 2 is 1.72 bits per heavy atom. The first-order chi connectivity index (χ1) is 12.0. The summed E-state index contributed by atoms with van der Waals surface area (Å²) in [5.74, 6) is 0.108. The summed E-state index contributed by atoms with van der Waals surface area (Å²) < 4.78 is 5.63. The van der Waals surface area contributed by atoms with Gasteiger partial charge in [-0.25, -0.2) is 0 Å². The van der Waals surface area contributed by atoms with Crippen LogP contribution < -0.4 is 0 Å². The van der Waals surface area contributed by atoms with Gasteiger partial charge in [-0.3, -0.25) is 4.79 Å². The number of nitrogens with zero attached hydrogens (tertiary/aromatic N) is 3. The fraction of sp³-hybridized carbons (Fsp3) is 0.250. The maximum absolute atomic E-state index is 12.8. The van der Waals surface area contributed by atoms with E-state index in [-0.39, 0.29) is 17.8 Å². The number of benzene rings is 2. The van der Waals surface area contributed by atoms with Crippen molar-refractivity contribution in [2.24, 2.45) is 0 Å². The van der Waals surface area contributed by atoms with Gasteiger partial charge in [-0.05, 0) is 38.5 Å². The third-order valence-electron chi connectivity index (χ3n) is 3.99. The first-order valence-electron chi connectivity index (χ1n) is 8.30. The molecule has 0 fully saturated rings. The molecule has 1 amide bonds. The predicted molar refractivity (Wildman–Crippen MR) is 95.9 cm³/mol. The van der Waals surface area contributed by atoms with Crippen LogP contribution in [0.5, 0.6) is 0 Å². The van der Waals surface area contributed by atoms with E-state index in [0.717, 1.165) is 16.7 Å². The van der Waals surface area contributed by atoms with Crippen LogP contribution in [0, 0.1) is 6.92 Å². The standard InChI is InChI=1S/C20H21N3O2/c1-14(2)23(13-16-7-5-4-6-8-16)20(24)19-22-21-18(25-19)17-11-9-15(3)10-12-17/h4-12,14H,13H2,1-3H3. The van der Waals surface area contributed by atoms with Crippen molar-refractivity contribution in [3.63, 3.8) is 0 Å². The molecule has 5 heteroatoms. The zero-order chi connectivity index (χ0) is 17.8. The number of carbonyl (C=O) groups excluding carboxylic acids is 1. The van der Waals surface area contributed by atoms with Crippen LogP contribution in [0.3, 0.4) is 0 Å². The summed E-state index contributed by atoms with van der Waals surface area (Å²) in [5, 5.41) is 7.97. The second-order valence-corrected chi connectivity index (χ2v) is 6.29. The molecule has 0 radical (unpaired) electrons. The molecule has 0 aliphatic rings. The number of rotatable bonds is 5. The Kier molecular flexibility index (Phi) is 4.93. The molecule has 1 aromatic heterocycles. The SMILES string of the molecule is Cc1ccc(-c2nnc(C(=O)N(Cc3ccccc3)C(C)C)o2)cc1. The molecule has 3 rings (SSSR count). The van der Waals surface area contributed by atoms with Crippen molar-refractivity contribution in [3.05, 3.63) is 71.6 Å². The minimum atomic E-state index is -0.260. The molecule has 5 nitrogen and oxygen atoms in total. The Morgan fingerprint density at radius 3 is 2.36 bits per heavy atom. The maximum atomic E-state index is 12.8. The van der Waals surface area contributed by atoms with Crippen LogP contribution in [0.25, 0.3) is 11.5 Å². The van der Waals surface area contributed by atoms with Gasteiger partial charge in [-0.15, -0.1) is 10.2 Å². The Balaban J connectivity index is 1.82. The molecule has 0 N–H and O–H groups in total. The highest BCUT2D eigenvalue weighted by atomic mass is 16.4. The van der Waals surface area contributed by atoms with Crippen molar-refractivity contribution < 1.29 is 9.21 Å². The Labute approximate surface area is 147 Å². The highest BCUT2D eigenvalue weighted by Gasteiger charge is 2.24. The van der Waals surface area contributed by atoms with Gasteiger partial charge < -0.3 is 9.32 Å². The van der Waals surface area contributed by atoms with E-state index < -0.39 is 0 Å². The van der Waals surface area contributed by atoms with Crippen LogP contribution in [0.1, 0.15) is 35.7 Å². The summed E-state index contributed by atoms with van der Waals surface area (Å²) >= 11 is 0. The molecule has 0 atom stereocenters. The molecule has 0 saturated carbocycles. The normalized spacial score (nSPS) is 10.9. The maximum Gasteiger partial charge on any atom is 0.311 e. The third-order valence-corrected chi connectivity index (χ3v) is 3.99. The number of hydrogen-bond acceptors (Lipinski definition) is 4. The van der Waals surface area contributed by atoms with E-state index in [1.807, 2.05) is 75.4 Å². The largest absolute Gasteiger partial charge is 0.412 e. The van der Waals surface area contributed by atoms with E-state index in [1.54, 1.807) is 4.90 Å². The molecule has 25 heavy (non-hydrogen) atoms. The fourth-order valence-corrected chi connectivity index (χ4v) is 2.51. The molecule has 1 heterocycles. The lowest BCUT2D eigenvalue weighted by Gasteiger charge is -2.25. The predicted octanol–water partition coefficient (Wildman–Crippen LogP) is 4.10. The van der Waals surface area contributed by atoms with Gasteiger partial charge in [-0.2, -0.15) is 0 Å². The summed E-state index contributed by atoms with van der Waals surface area (Å²) in [6.45, 7) is 6.45. The van der Waals surface area contributed by atoms with Crippen molar-refractivity contribution >= 4 is 5.91 Å². The van der Waals surface area contributed by atoms with Crippen LogP contribution in [0.4, 0.5) is 0 Å². The highest BCUT2D eigenvalue weighted by molar-refractivity contribution is 5.90. The number of carbonyl (C=O) groups is 1. The van der Waals surface area contributed by atoms with E-state index in [2.05, 4.69) is 10.2 Å². The minimum absolute atomic E-state index is 0.0141. The molecule has 2 aromatic carbocycles. The van der Waals surface area contributed by atoms with E-state index >= 15 is 0 Å². The second kappa shape index (κ2) is 7.30. The number of aromatic nitrogens is 2. The molecular weight excluding hydrogens is 314 g/mol. The van der Waals surface area contributed by atoms with Gasteiger partial charge in [0.2, 0.25) is 5.89 Å². The number of aryl methyl sites for hydroxylation is 1. The van der Waals surface area contributed by atoms with Gasteiger partial charge in [-0.1, -0.05) is 48.0 Å². The van der Waals surface area contributed by atoms with E-state index in [1.165, 1.54) is 0 Å². The summed E-state index contributed by atoms with van der Waals surface area (Å²) in [6.07, 6.45) is 0. The lowest BCUT2D eigenvalue weighted by Crippen LogP contribution is -2.36. The monoisotopic (exact) mass is 335 g/mol. The lowest BCUT2D eigenvalue weighted by atomic mass is 10.1. The molecule has 3 aromatic rings. The molecule has 128 valence electrons. The summed E-state index contributed by atoms with van der Waals surface area (Å²) in [7, 11) is 0. The zero-order valence-electron chi connectivity index (χ0n) is 14.6. The van der Waals surface area contributed by atoms with Crippen molar-refractivity contribution in [3.8, 4) is 11.5 Å². The quantitative estimate of drug-likeness (QED) is 0.704. The van der Waals surface area contributed by atoms with E-state index in [9.17, 15) is 4.79 Å². The van der Waals surface area contributed by atoms with Gasteiger partial charge in [0.1, 0.15) is 0 Å². The Bertz CT molecular complexity index is 839. The molecule has 0 saturated heterocycles. The van der Waals surface area contributed by atoms with Gasteiger partial charge in [0, 0.05) is 18.2 Å². The fourth-order valence-electron chi connectivity index (χ4n) is 2.51. The average Bonchev–Trinajstić information content (AvgIpc) is 3.10. The van der Waals surface area contributed by atoms with Crippen LogP contribution in [0.15, 0.2) is 59.0 Å². The summed E-state index contributed by atoms with van der Waals surface area (Å²) in [5.41, 5.74) is 3.01. The first kappa shape index (κ1) is 16.9. The molecule has 0 bridgehead atoms. The molecule has 0 spiro atoms. The van der Waals surface area contributed by atoms with E-state index in [4.69, 9.17) is 4.42 Å². The van der Waals surface area contributed by atoms with Gasteiger partial charge in [0.25, 0.3) is 0 Å². The van der Waals surface area contributed by atoms with Crippen molar-refractivity contribution in [2.75, 3.05) is 0 Å². The molecule has 0 aliphatic heterocycles. The summed E-state index contributed by atoms with van der Waals surface area (Å²) in [6, 6.07) is 17.6. The van der Waals surface area contributed by atoms with Crippen molar-refractivity contribution in [1.29, 1.82) is 0 Å². The minimum Gasteiger partial charge on any atom is -0.412 e. The zero-order valence-corrected chi connectivity index (χ0v) is 14.6. The third kappa shape index (κ3) is 3.94. The first-order valence-corrected chi connectivity index (χ1v) is 8.30. The Morgan fingerprint density at radius 1 is 1.04 bits per heavy atom. The van der Waals surface area contributed by atoms with Crippen LogP contribution in [-0.2, 0) is 6.54 Å². The van der Waals surface area contributed by atoms with Gasteiger partial charge in [0.15, 0.2) is 0 Å². The van der Waals surface area contributed by atoms with Gasteiger partial charge >= 0.3 is 11.8 Å². The molecular formula is C20H21N3O2. The number of amides is 1. The van der Waals surface area contributed by atoms with Crippen molar-refractivity contribution in [2.45, 2.75) is 33.4 Å². The van der Waals surface area contributed by atoms with Crippen LogP contribution in [0.2, 0.25) is 0 Å².